The van der Waals surface area contributed by atoms with Crippen molar-refractivity contribution in [1.29, 1.82) is 0 Å². The standard InChI is InChI=1S/C20H16ClN3O3/c1-13-20(14(2)23(22-13)16-6-4-3-5-7-16)19(25)11-8-15-12-17(24(26)27)9-10-18(15)21/h3-12H,1-2H3/b11-8+. The molecule has 1 aromatic heterocycles. The van der Waals surface area contributed by atoms with Crippen LogP contribution in [0.1, 0.15) is 27.3 Å². The van der Waals surface area contributed by atoms with E-state index in [1.54, 1.807) is 11.6 Å². The van der Waals surface area contributed by atoms with Crippen LogP contribution >= 0.6 is 11.6 Å². The minimum absolute atomic E-state index is 0.0873. The van der Waals surface area contributed by atoms with Crippen molar-refractivity contribution in [3.05, 3.63) is 92.3 Å². The number of hydrogen-bond donors (Lipinski definition) is 0. The van der Waals surface area contributed by atoms with Gasteiger partial charge in [0, 0.05) is 17.2 Å². The second kappa shape index (κ2) is 7.55. The van der Waals surface area contributed by atoms with Crippen molar-refractivity contribution < 1.29 is 9.72 Å². The van der Waals surface area contributed by atoms with E-state index in [1.807, 2.05) is 37.3 Å². The molecule has 0 fully saturated rings. The number of allylic oxidation sites excluding steroid dienone is 1. The van der Waals surface area contributed by atoms with Crippen LogP contribution in [0.15, 0.2) is 54.6 Å². The number of carbonyl (C=O) groups excluding carboxylic acids is 1. The van der Waals surface area contributed by atoms with E-state index in [9.17, 15) is 14.9 Å². The van der Waals surface area contributed by atoms with Gasteiger partial charge in [0.2, 0.25) is 0 Å². The second-order valence-electron chi connectivity index (χ2n) is 5.95. The van der Waals surface area contributed by atoms with E-state index in [-0.39, 0.29) is 11.5 Å². The zero-order valence-corrected chi connectivity index (χ0v) is 15.5. The molecule has 6 nitrogen and oxygen atoms in total. The molecule has 0 saturated heterocycles. The first kappa shape index (κ1) is 18.5. The maximum atomic E-state index is 12.7. The number of halogens is 1. The molecule has 0 spiro atoms. The number of non-ortho nitro benzene ring substituents is 1. The number of hydrogen-bond acceptors (Lipinski definition) is 4. The van der Waals surface area contributed by atoms with Gasteiger partial charge in [0.05, 0.1) is 27.6 Å². The van der Waals surface area contributed by atoms with E-state index in [4.69, 9.17) is 11.6 Å². The van der Waals surface area contributed by atoms with Gasteiger partial charge in [-0.25, -0.2) is 4.68 Å². The summed E-state index contributed by atoms with van der Waals surface area (Å²) in [4.78, 5) is 23.1. The highest BCUT2D eigenvalue weighted by Gasteiger charge is 2.17. The van der Waals surface area contributed by atoms with Crippen LogP contribution in [0.4, 0.5) is 5.69 Å². The SMILES string of the molecule is Cc1nn(-c2ccccc2)c(C)c1C(=O)/C=C/c1cc([N+](=O)[O-])ccc1Cl. The second-order valence-corrected chi connectivity index (χ2v) is 6.36. The van der Waals surface area contributed by atoms with Crippen molar-refractivity contribution in [2.24, 2.45) is 0 Å². The van der Waals surface area contributed by atoms with Crippen LogP contribution in [0.3, 0.4) is 0 Å². The molecule has 0 radical (unpaired) electrons. The van der Waals surface area contributed by atoms with Gasteiger partial charge < -0.3 is 0 Å². The molecule has 1 heterocycles. The fourth-order valence-electron chi connectivity index (χ4n) is 2.84. The minimum atomic E-state index is -0.506. The first-order chi connectivity index (χ1) is 12.9. The topological polar surface area (TPSA) is 78.0 Å². The Balaban J connectivity index is 1.94. The number of aryl methyl sites for hydroxylation is 1. The zero-order chi connectivity index (χ0) is 19.6. The quantitative estimate of drug-likeness (QED) is 0.271. The highest BCUT2D eigenvalue weighted by Crippen LogP contribution is 2.24. The number of carbonyl (C=O) groups is 1. The Labute approximate surface area is 160 Å². The van der Waals surface area contributed by atoms with E-state index in [2.05, 4.69) is 5.10 Å². The lowest BCUT2D eigenvalue weighted by atomic mass is 10.1. The average molecular weight is 382 g/mol. The lowest BCUT2D eigenvalue weighted by Gasteiger charge is -2.04. The average Bonchev–Trinajstić information content (AvgIpc) is 2.95. The van der Waals surface area contributed by atoms with Crippen molar-refractivity contribution in [2.75, 3.05) is 0 Å². The Bertz CT molecular complexity index is 1060. The highest BCUT2D eigenvalue weighted by molar-refractivity contribution is 6.32. The first-order valence-electron chi connectivity index (χ1n) is 8.16. The minimum Gasteiger partial charge on any atom is -0.289 e. The molecule has 0 atom stereocenters. The normalized spacial score (nSPS) is 11.1. The number of nitrogens with zero attached hydrogens (tertiary/aromatic N) is 3. The van der Waals surface area contributed by atoms with Gasteiger partial charge in [-0.15, -0.1) is 0 Å². The molecule has 0 amide bonds. The van der Waals surface area contributed by atoms with Gasteiger partial charge in [-0.2, -0.15) is 5.10 Å². The summed E-state index contributed by atoms with van der Waals surface area (Å²) in [7, 11) is 0. The third kappa shape index (κ3) is 3.80. The molecule has 0 unspecified atom stereocenters. The van der Waals surface area contributed by atoms with Gasteiger partial charge in [-0.3, -0.25) is 14.9 Å². The smallest absolute Gasteiger partial charge is 0.270 e. The molecule has 0 aliphatic heterocycles. The fourth-order valence-corrected chi connectivity index (χ4v) is 3.02. The third-order valence-electron chi connectivity index (χ3n) is 4.14. The van der Waals surface area contributed by atoms with Crippen LogP contribution in [-0.2, 0) is 0 Å². The Morgan fingerprint density at radius 1 is 1.19 bits per heavy atom. The van der Waals surface area contributed by atoms with Crippen molar-refractivity contribution in [1.82, 2.24) is 9.78 Å². The number of nitro benzene ring substituents is 1. The van der Waals surface area contributed by atoms with Gasteiger partial charge in [-0.1, -0.05) is 29.8 Å². The van der Waals surface area contributed by atoms with E-state index < -0.39 is 4.92 Å². The fraction of sp³-hybridized carbons (Fsp3) is 0.100. The van der Waals surface area contributed by atoms with Gasteiger partial charge in [0.15, 0.2) is 5.78 Å². The lowest BCUT2D eigenvalue weighted by molar-refractivity contribution is -0.384. The first-order valence-corrected chi connectivity index (χ1v) is 8.54. The summed E-state index contributed by atoms with van der Waals surface area (Å²) >= 11 is 6.08. The predicted molar refractivity (Wildman–Crippen MR) is 105 cm³/mol. The number of ketones is 1. The van der Waals surface area contributed by atoms with Crippen LogP contribution in [0.5, 0.6) is 0 Å². The molecule has 2 aromatic carbocycles. The molecule has 7 heteroatoms. The summed E-state index contributed by atoms with van der Waals surface area (Å²) in [5, 5.41) is 15.7. The molecular weight excluding hydrogens is 366 g/mol. The number of nitro groups is 1. The Kier molecular flexibility index (Phi) is 5.19. The van der Waals surface area contributed by atoms with Crippen molar-refractivity contribution in [2.45, 2.75) is 13.8 Å². The maximum Gasteiger partial charge on any atom is 0.270 e. The number of aromatic nitrogens is 2. The monoisotopic (exact) mass is 381 g/mol. The summed E-state index contributed by atoms with van der Waals surface area (Å²) < 4.78 is 1.72. The van der Waals surface area contributed by atoms with Gasteiger partial charge >= 0.3 is 0 Å². The van der Waals surface area contributed by atoms with Crippen LogP contribution in [-0.4, -0.2) is 20.5 Å². The van der Waals surface area contributed by atoms with E-state index in [1.165, 1.54) is 30.4 Å². The largest absolute Gasteiger partial charge is 0.289 e. The molecule has 27 heavy (non-hydrogen) atoms. The molecule has 0 bridgehead atoms. The Morgan fingerprint density at radius 2 is 1.89 bits per heavy atom. The molecule has 3 aromatic rings. The molecule has 0 aliphatic carbocycles. The maximum absolute atomic E-state index is 12.7. The van der Waals surface area contributed by atoms with Crippen LogP contribution in [0.2, 0.25) is 5.02 Å². The number of rotatable bonds is 5. The summed E-state index contributed by atoms with van der Waals surface area (Å²) in [6.07, 6.45) is 2.84. The van der Waals surface area contributed by atoms with Crippen molar-refractivity contribution >= 4 is 29.1 Å². The summed E-state index contributed by atoms with van der Waals surface area (Å²) in [6.45, 7) is 3.60. The van der Waals surface area contributed by atoms with Crippen molar-refractivity contribution in [3.8, 4) is 5.69 Å². The number of benzene rings is 2. The molecule has 0 aliphatic rings. The van der Waals surface area contributed by atoms with Crippen LogP contribution in [0.25, 0.3) is 11.8 Å². The van der Waals surface area contributed by atoms with Crippen LogP contribution in [0, 0.1) is 24.0 Å². The van der Waals surface area contributed by atoms with Crippen LogP contribution < -0.4 is 0 Å². The molecule has 3 rings (SSSR count). The molecule has 0 saturated carbocycles. The highest BCUT2D eigenvalue weighted by atomic mass is 35.5. The van der Waals surface area contributed by atoms with Gasteiger partial charge in [0.1, 0.15) is 0 Å². The van der Waals surface area contributed by atoms with Gasteiger partial charge in [-0.05, 0) is 49.8 Å². The number of para-hydroxylation sites is 1. The summed E-state index contributed by atoms with van der Waals surface area (Å²) in [5.74, 6) is -0.241. The lowest BCUT2D eigenvalue weighted by Crippen LogP contribution is -2.01. The molecular formula is C20H16ClN3O3. The van der Waals surface area contributed by atoms with E-state index >= 15 is 0 Å². The van der Waals surface area contributed by atoms with Crippen molar-refractivity contribution in [3.63, 3.8) is 0 Å². The predicted octanol–water partition coefficient (Wildman–Crippen LogP) is 4.95. The summed E-state index contributed by atoms with van der Waals surface area (Å²) in [5.41, 5.74) is 3.01. The Morgan fingerprint density at radius 3 is 2.56 bits per heavy atom. The molecule has 136 valence electrons. The Hall–Kier alpha value is -3.25. The van der Waals surface area contributed by atoms with E-state index in [0.717, 1.165) is 11.4 Å². The third-order valence-corrected chi connectivity index (χ3v) is 4.49. The van der Waals surface area contributed by atoms with E-state index in [0.29, 0.717) is 21.8 Å². The molecule has 0 N–H and O–H groups in total. The van der Waals surface area contributed by atoms with Gasteiger partial charge in [0.25, 0.3) is 5.69 Å². The zero-order valence-electron chi connectivity index (χ0n) is 14.7. The summed E-state index contributed by atoms with van der Waals surface area (Å²) in [6, 6.07) is 13.6.